The number of hydrogen-bond donors (Lipinski definition) is 2. The van der Waals surface area contributed by atoms with Crippen molar-refractivity contribution in [2.75, 3.05) is 13.1 Å². The summed E-state index contributed by atoms with van der Waals surface area (Å²) in [4.78, 5) is 12.3. The first-order chi connectivity index (χ1) is 8.31. The minimum Gasteiger partial charge on any atom is -0.341 e. The van der Waals surface area contributed by atoms with Crippen molar-refractivity contribution in [3.8, 4) is 0 Å². The lowest BCUT2D eigenvalue weighted by Gasteiger charge is -2.21. The average Bonchev–Trinajstić information content (AvgIpc) is 2.71. The summed E-state index contributed by atoms with van der Waals surface area (Å²) in [6.07, 6.45) is 5.48. The molecule has 3 heterocycles. The smallest absolute Gasteiger partial charge is 0.177 e. The molecule has 0 radical (unpaired) electrons. The summed E-state index contributed by atoms with van der Waals surface area (Å²) in [5.74, 6) is 1.79. The van der Waals surface area contributed by atoms with Crippen LogP contribution in [0.2, 0.25) is 0 Å². The van der Waals surface area contributed by atoms with Crippen LogP contribution in [0.1, 0.15) is 24.2 Å². The zero-order valence-corrected chi connectivity index (χ0v) is 10.2. The van der Waals surface area contributed by atoms with Crippen LogP contribution in [0.5, 0.6) is 0 Å². The van der Waals surface area contributed by atoms with Crippen LogP contribution in [0, 0.1) is 12.8 Å². The number of nitrogens with one attached hydrogen (secondary N) is 2. The lowest BCUT2D eigenvalue weighted by molar-refractivity contribution is 0.371. The van der Waals surface area contributed by atoms with Crippen LogP contribution in [-0.4, -0.2) is 28.0 Å². The molecule has 4 heteroatoms. The van der Waals surface area contributed by atoms with E-state index in [-0.39, 0.29) is 0 Å². The van der Waals surface area contributed by atoms with Crippen molar-refractivity contribution in [1.82, 2.24) is 20.3 Å². The lowest BCUT2D eigenvalue weighted by Crippen LogP contribution is -2.31. The molecule has 1 aliphatic heterocycles. The number of aryl methyl sites for hydroxylation is 1. The van der Waals surface area contributed by atoms with Gasteiger partial charge in [-0.1, -0.05) is 0 Å². The third kappa shape index (κ3) is 2.31. The number of pyridine rings is 1. The van der Waals surface area contributed by atoms with E-state index in [1.54, 1.807) is 0 Å². The number of nitrogens with zero attached hydrogens (tertiary/aromatic N) is 2. The van der Waals surface area contributed by atoms with E-state index in [4.69, 9.17) is 0 Å². The van der Waals surface area contributed by atoms with Crippen molar-refractivity contribution in [2.24, 2.45) is 5.92 Å². The highest BCUT2D eigenvalue weighted by Gasteiger charge is 2.15. The summed E-state index contributed by atoms with van der Waals surface area (Å²) in [5.41, 5.74) is 3.07. The summed E-state index contributed by atoms with van der Waals surface area (Å²) in [7, 11) is 0. The van der Waals surface area contributed by atoms with Crippen LogP contribution in [0.15, 0.2) is 12.3 Å². The maximum Gasteiger partial charge on any atom is 0.177 e. The van der Waals surface area contributed by atoms with Gasteiger partial charge in [0, 0.05) is 12.6 Å². The topological polar surface area (TPSA) is 53.6 Å². The molecule has 2 aromatic rings. The predicted octanol–water partition coefficient (Wildman–Crippen LogP) is 1.81. The molecule has 0 amide bonds. The summed E-state index contributed by atoms with van der Waals surface area (Å²) < 4.78 is 0. The Morgan fingerprint density at radius 1 is 1.47 bits per heavy atom. The molecule has 1 aliphatic rings. The first-order valence-corrected chi connectivity index (χ1v) is 6.33. The van der Waals surface area contributed by atoms with Crippen LogP contribution in [0.4, 0.5) is 0 Å². The minimum absolute atomic E-state index is 0.713. The Bertz CT molecular complexity index is 511. The molecular weight excluding hydrogens is 212 g/mol. The SMILES string of the molecule is Cc1cnc2nc(CC3CCCNC3)[nH]c2c1. The van der Waals surface area contributed by atoms with Gasteiger partial charge in [-0.05, 0) is 50.4 Å². The van der Waals surface area contributed by atoms with Crippen LogP contribution in [0.25, 0.3) is 11.2 Å². The normalized spacial score (nSPS) is 20.9. The lowest BCUT2D eigenvalue weighted by atomic mass is 9.96. The molecule has 1 fully saturated rings. The first kappa shape index (κ1) is 10.7. The van der Waals surface area contributed by atoms with Gasteiger partial charge in [-0.25, -0.2) is 9.97 Å². The highest BCUT2D eigenvalue weighted by Crippen LogP contribution is 2.17. The Morgan fingerprint density at radius 3 is 3.24 bits per heavy atom. The fraction of sp³-hybridized carbons (Fsp3) is 0.538. The molecular formula is C13H18N4. The molecule has 0 aromatic carbocycles. The molecule has 17 heavy (non-hydrogen) atoms. The van der Waals surface area contributed by atoms with E-state index < -0.39 is 0 Å². The Balaban J connectivity index is 1.80. The van der Waals surface area contributed by atoms with Crippen molar-refractivity contribution < 1.29 is 0 Å². The number of aromatic nitrogens is 3. The number of aromatic amines is 1. The van der Waals surface area contributed by atoms with Gasteiger partial charge in [0.15, 0.2) is 5.65 Å². The van der Waals surface area contributed by atoms with E-state index in [9.17, 15) is 0 Å². The molecule has 0 saturated carbocycles. The van der Waals surface area contributed by atoms with Gasteiger partial charge in [-0.15, -0.1) is 0 Å². The molecule has 1 unspecified atom stereocenters. The third-order valence-corrected chi connectivity index (χ3v) is 3.40. The summed E-state index contributed by atoms with van der Waals surface area (Å²) >= 11 is 0. The maximum absolute atomic E-state index is 4.55. The summed E-state index contributed by atoms with van der Waals surface area (Å²) in [6.45, 7) is 4.33. The molecule has 4 nitrogen and oxygen atoms in total. The van der Waals surface area contributed by atoms with Crippen LogP contribution in [0.3, 0.4) is 0 Å². The Morgan fingerprint density at radius 2 is 2.41 bits per heavy atom. The van der Waals surface area contributed by atoms with Gasteiger partial charge in [0.2, 0.25) is 0 Å². The van der Waals surface area contributed by atoms with Crippen LogP contribution >= 0.6 is 0 Å². The Hall–Kier alpha value is -1.42. The Labute approximate surface area is 101 Å². The van der Waals surface area contributed by atoms with Crippen molar-refractivity contribution >= 4 is 11.2 Å². The quantitative estimate of drug-likeness (QED) is 0.827. The highest BCUT2D eigenvalue weighted by molar-refractivity contribution is 5.70. The van der Waals surface area contributed by atoms with Crippen LogP contribution in [-0.2, 0) is 6.42 Å². The molecule has 1 atom stereocenters. The largest absolute Gasteiger partial charge is 0.341 e. The fourth-order valence-corrected chi connectivity index (χ4v) is 2.52. The van der Waals surface area contributed by atoms with Crippen molar-refractivity contribution in [2.45, 2.75) is 26.2 Å². The molecule has 0 bridgehead atoms. The molecule has 0 spiro atoms. The standard InChI is InChI=1S/C13H18N4/c1-9-5-11-13(15-7-9)17-12(16-11)6-10-3-2-4-14-8-10/h5,7,10,14H,2-4,6,8H2,1H3,(H,15,16,17). The molecule has 3 rings (SSSR count). The van der Waals surface area contributed by atoms with E-state index in [0.717, 1.165) is 36.5 Å². The first-order valence-electron chi connectivity index (χ1n) is 6.33. The van der Waals surface area contributed by atoms with Gasteiger partial charge in [0.25, 0.3) is 0 Å². The molecule has 90 valence electrons. The number of rotatable bonds is 2. The van der Waals surface area contributed by atoms with Crippen molar-refractivity contribution in [3.63, 3.8) is 0 Å². The Kier molecular flexibility index (Phi) is 2.81. The van der Waals surface area contributed by atoms with Gasteiger partial charge in [0.1, 0.15) is 5.82 Å². The van der Waals surface area contributed by atoms with E-state index in [1.807, 2.05) is 6.20 Å². The van der Waals surface area contributed by atoms with Gasteiger partial charge in [-0.2, -0.15) is 0 Å². The third-order valence-electron chi connectivity index (χ3n) is 3.40. The molecule has 2 N–H and O–H groups in total. The number of H-pyrrole nitrogens is 1. The van der Waals surface area contributed by atoms with Gasteiger partial charge in [0.05, 0.1) is 5.52 Å². The van der Waals surface area contributed by atoms with E-state index in [0.29, 0.717) is 5.92 Å². The molecule has 2 aromatic heterocycles. The zero-order chi connectivity index (χ0) is 11.7. The average molecular weight is 230 g/mol. The van der Waals surface area contributed by atoms with Crippen molar-refractivity contribution in [3.05, 3.63) is 23.7 Å². The second-order valence-electron chi connectivity index (χ2n) is 4.98. The second-order valence-corrected chi connectivity index (χ2v) is 4.98. The van der Waals surface area contributed by atoms with Crippen LogP contribution < -0.4 is 5.32 Å². The zero-order valence-electron chi connectivity index (χ0n) is 10.2. The number of imidazole rings is 1. The fourth-order valence-electron chi connectivity index (χ4n) is 2.52. The van der Waals surface area contributed by atoms with E-state index >= 15 is 0 Å². The predicted molar refractivity (Wildman–Crippen MR) is 67.9 cm³/mol. The number of piperidine rings is 1. The molecule has 1 saturated heterocycles. The minimum atomic E-state index is 0.713. The number of hydrogen-bond acceptors (Lipinski definition) is 3. The molecule has 0 aliphatic carbocycles. The summed E-state index contributed by atoms with van der Waals surface area (Å²) in [6, 6.07) is 2.11. The van der Waals surface area contributed by atoms with Gasteiger partial charge < -0.3 is 10.3 Å². The van der Waals surface area contributed by atoms with E-state index in [1.165, 1.54) is 18.4 Å². The second kappa shape index (κ2) is 4.45. The number of fused-ring (bicyclic) bond motifs is 1. The summed E-state index contributed by atoms with van der Waals surface area (Å²) in [5, 5.41) is 3.44. The monoisotopic (exact) mass is 230 g/mol. The van der Waals surface area contributed by atoms with Gasteiger partial charge >= 0.3 is 0 Å². The van der Waals surface area contributed by atoms with Gasteiger partial charge in [-0.3, -0.25) is 0 Å². The highest BCUT2D eigenvalue weighted by atomic mass is 15.0. The van der Waals surface area contributed by atoms with E-state index in [2.05, 4.69) is 33.3 Å². The maximum atomic E-state index is 4.55. The van der Waals surface area contributed by atoms with Crippen molar-refractivity contribution in [1.29, 1.82) is 0 Å².